The molecular formula is C22H28N2O5S. The molecule has 1 amide bonds. The predicted octanol–water partition coefficient (Wildman–Crippen LogP) is 2.74. The molecule has 2 rings (SSSR count). The van der Waals surface area contributed by atoms with Gasteiger partial charge in [-0.05, 0) is 42.7 Å². The van der Waals surface area contributed by atoms with Gasteiger partial charge in [-0.2, -0.15) is 0 Å². The van der Waals surface area contributed by atoms with E-state index in [-0.39, 0.29) is 23.3 Å². The summed E-state index contributed by atoms with van der Waals surface area (Å²) >= 11 is 0. The van der Waals surface area contributed by atoms with Gasteiger partial charge in [0.15, 0.2) is 0 Å². The Morgan fingerprint density at radius 3 is 2.33 bits per heavy atom. The largest absolute Gasteiger partial charge is 0.459 e. The minimum atomic E-state index is -3.58. The SMILES string of the molecule is Cc1cccc(C(=O)NC(C(=O)OCc2cccc(S(=O)(=O)N(C)C)c2)C(C)C)c1. The van der Waals surface area contributed by atoms with Crippen LogP contribution in [-0.4, -0.2) is 44.7 Å². The third kappa shape index (κ3) is 5.90. The Morgan fingerprint density at radius 2 is 1.73 bits per heavy atom. The summed E-state index contributed by atoms with van der Waals surface area (Å²) < 4.78 is 31.0. The Bertz CT molecular complexity index is 1020. The maximum atomic E-state index is 12.6. The predicted molar refractivity (Wildman–Crippen MR) is 114 cm³/mol. The number of esters is 1. The number of sulfonamides is 1. The molecule has 162 valence electrons. The number of carbonyl (C=O) groups is 2. The zero-order valence-corrected chi connectivity index (χ0v) is 18.7. The molecule has 0 saturated carbocycles. The first kappa shape index (κ1) is 23.6. The fraction of sp³-hybridized carbons (Fsp3) is 0.364. The Morgan fingerprint density at radius 1 is 1.07 bits per heavy atom. The summed E-state index contributed by atoms with van der Waals surface area (Å²) in [5, 5.41) is 2.73. The summed E-state index contributed by atoms with van der Waals surface area (Å²) in [6, 6.07) is 12.5. The van der Waals surface area contributed by atoms with Crippen molar-refractivity contribution >= 4 is 21.9 Å². The second-order valence-corrected chi connectivity index (χ2v) is 9.76. The van der Waals surface area contributed by atoms with Crippen LogP contribution in [0.3, 0.4) is 0 Å². The van der Waals surface area contributed by atoms with Gasteiger partial charge < -0.3 is 10.1 Å². The average molecular weight is 433 g/mol. The van der Waals surface area contributed by atoms with E-state index in [0.717, 1.165) is 9.87 Å². The number of nitrogens with one attached hydrogen (secondary N) is 1. The Balaban J connectivity index is 2.08. The van der Waals surface area contributed by atoms with E-state index < -0.39 is 22.0 Å². The summed E-state index contributed by atoms with van der Waals surface area (Å²) in [4.78, 5) is 25.3. The monoisotopic (exact) mass is 432 g/mol. The van der Waals surface area contributed by atoms with E-state index in [0.29, 0.717) is 11.1 Å². The van der Waals surface area contributed by atoms with E-state index in [1.165, 1.54) is 26.2 Å². The van der Waals surface area contributed by atoms with Gasteiger partial charge in [0.1, 0.15) is 12.6 Å². The van der Waals surface area contributed by atoms with E-state index in [9.17, 15) is 18.0 Å². The summed E-state index contributed by atoms with van der Waals surface area (Å²) in [6.45, 7) is 5.41. The van der Waals surface area contributed by atoms with Gasteiger partial charge in [-0.15, -0.1) is 0 Å². The molecule has 0 heterocycles. The zero-order chi connectivity index (χ0) is 22.5. The molecule has 0 radical (unpaired) electrons. The van der Waals surface area contributed by atoms with Crippen molar-refractivity contribution in [2.24, 2.45) is 5.92 Å². The molecule has 0 fully saturated rings. The first-order valence-corrected chi connectivity index (χ1v) is 11.0. The summed E-state index contributed by atoms with van der Waals surface area (Å²) in [5.74, 6) is -1.12. The van der Waals surface area contributed by atoms with Crippen molar-refractivity contribution in [2.45, 2.75) is 38.3 Å². The molecule has 0 spiro atoms. The van der Waals surface area contributed by atoms with E-state index in [1.807, 2.05) is 26.8 Å². The number of rotatable bonds is 8. The third-order valence-electron chi connectivity index (χ3n) is 4.55. The van der Waals surface area contributed by atoms with Crippen LogP contribution in [0.2, 0.25) is 0 Å². The standard InChI is InChI=1S/C22H28N2O5S/c1-15(2)20(23-21(25)18-10-6-8-16(3)12-18)22(26)29-14-17-9-7-11-19(13-17)30(27,28)24(4)5/h6-13,15,20H,14H2,1-5H3,(H,23,25). The number of amides is 1. The molecule has 8 heteroatoms. The molecule has 30 heavy (non-hydrogen) atoms. The molecule has 1 unspecified atom stereocenters. The van der Waals surface area contributed by atoms with Crippen LogP contribution in [0, 0.1) is 12.8 Å². The molecular weight excluding hydrogens is 404 g/mol. The molecule has 0 saturated heterocycles. The highest BCUT2D eigenvalue weighted by atomic mass is 32.2. The van der Waals surface area contributed by atoms with Crippen LogP contribution in [-0.2, 0) is 26.2 Å². The van der Waals surface area contributed by atoms with E-state index in [2.05, 4.69) is 5.32 Å². The highest BCUT2D eigenvalue weighted by molar-refractivity contribution is 7.89. The van der Waals surface area contributed by atoms with Gasteiger partial charge in [-0.1, -0.05) is 43.7 Å². The van der Waals surface area contributed by atoms with Crippen LogP contribution >= 0.6 is 0 Å². The topological polar surface area (TPSA) is 92.8 Å². The number of benzene rings is 2. The second kappa shape index (κ2) is 9.86. The fourth-order valence-electron chi connectivity index (χ4n) is 2.76. The number of nitrogens with zero attached hydrogens (tertiary/aromatic N) is 1. The molecule has 0 bridgehead atoms. The van der Waals surface area contributed by atoms with Crippen molar-refractivity contribution in [3.8, 4) is 0 Å². The molecule has 1 N–H and O–H groups in total. The van der Waals surface area contributed by atoms with Gasteiger partial charge in [-0.3, -0.25) is 4.79 Å². The Kier molecular flexibility index (Phi) is 7.75. The molecule has 7 nitrogen and oxygen atoms in total. The van der Waals surface area contributed by atoms with Crippen molar-refractivity contribution < 1.29 is 22.7 Å². The van der Waals surface area contributed by atoms with Crippen LogP contribution < -0.4 is 5.32 Å². The summed E-state index contributed by atoms with van der Waals surface area (Å²) in [7, 11) is -0.681. The van der Waals surface area contributed by atoms with Crippen LogP contribution in [0.4, 0.5) is 0 Å². The van der Waals surface area contributed by atoms with Crippen molar-refractivity contribution in [2.75, 3.05) is 14.1 Å². The molecule has 2 aromatic carbocycles. The Hall–Kier alpha value is -2.71. The average Bonchev–Trinajstić information content (AvgIpc) is 2.69. The maximum absolute atomic E-state index is 12.6. The van der Waals surface area contributed by atoms with Gasteiger partial charge in [0.25, 0.3) is 5.91 Å². The number of ether oxygens (including phenoxy) is 1. The molecule has 0 aliphatic rings. The third-order valence-corrected chi connectivity index (χ3v) is 6.36. The van der Waals surface area contributed by atoms with Gasteiger partial charge in [0.05, 0.1) is 4.90 Å². The lowest BCUT2D eigenvalue weighted by molar-refractivity contribution is -0.148. The van der Waals surface area contributed by atoms with Gasteiger partial charge >= 0.3 is 5.97 Å². The highest BCUT2D eigenvalue weighted by Gasteiger charge is 2.26. The normalized spacial score (nSPS) is 12.6. The highest BCUT2D eigenvalue weighted by Crippen LogP contribution is 2.16. The van der Waals surface area contributed by atoms with Crippen LogP contribution in [0.15, 0.2) is 53.4 Å². The van der Waals surface area contributed by atoms with Crippen molar-refractivity contribution in [3.05, 3.63) is 65.2 Å². The maximum Gasteiger partial charge on any atom is 0.329 e. The molecule has 0 aliphatic heterocycles. The minimum Gasteiger partial charge on any atom is -0.459 e. The van der Waals surface area contributed by atoms with E-state index >= 15 is 0 Å². The first-order chi connectivity index (χ1) is 14.0. The van der Waals surface area contributed by atoms with Gasteiger partial charge in [-0.25, -0.2) is 17.5 Å². The quantitative estimate of drug-likeness (QED) is 0.648. The van der Waals surface area contributed by atoms with Crippen LogP contribution in [0.25, 0.3) is 0 Å². The molecule has 0 aliphatic carbocycles. The summed E-state index contributed by atoms with van der Waals surface area (Å²) in [5.41, 5.74) is 1.95. The van der Waals surface area contributed by atoms with Gasteiger partial charge in [0.2, 0.25) is 10.0 Å². The molecule has 0 aromatic heterocycles. The van der Waals surface area contributed by atoms with Gasteiger partial charge in [0, 0.05) is 19.7 Å². The fourth-order valence-corrected chi connectivity index (χ4v) is 3.73. The van der Waals surface area contributed by atoms with Crippen LogP contribution in [0.5, 0.6) is 0 Å². The number of aryl methyl sites for hydroxylation is 1. The minimum absolute atomic E-state index is 0.0981. The first-order valence-electron chi connectivity index (χ1n) is 9.58. The lowest BCUT2D eigenvalue weighted by Crippen LogP contribution is -2.45. The molecule has 1 atom stereocenters. The Labute approximate surface area is 178 Å². The number of hydrogen-bond donors (Lipinski definition) is 1. The lowest BCUT2D eigenvalue weighted by atomic mass is 10.0. The van der Waals surface area contributed by atoms with Crippen LogP contribution in [0.1, 0.15) is 35.3 Å². The number of carbonyl (C=O) groups excluding carboxylic acids is 2. The zero-order valence-electron chi connectivity index (χ0n) is 17.9. The smallest absolute Gasteiger partial charge is 0.329 e. The molecule has 2 aromatic rings. The van der Waals surface area contributed by atoms with E-state index in [1.54, 1.807) is 30.3 Å². The lowest BCUT2D eigenvalue weighted by Gasteiger charge is -2.21. The second-order valence-electron chi connectivity index (χ2n) is 7.61. The van der Waals surface area contributed by atoms with Crippen molar-refractivity contribution in [3.63, 3.8) is 0 Å². The number of hydrogen-bond acceptors (Lipinski definition) is 5. The summed E-state index contributed by atoms with van der Waals surface area (Å²) in [6.07, 6.45) is 0. The van der Waals surface area contributed by atoms with E-state index in [4.69, 9.17) is 4.74 Å². The van der Waals surface area contributed by atoms with Crippen molar-refractivity contribution in [1.82, 2.24) is 9.62 Å². The van der Waals surface area contributed by atoms with Crippen molar-refractivity contribution in [1.29, 1.82) is 0 Å².